The zero-order valence-corrected chi connectivity index (χ0v) is 16.0. The molecule has 3 heterocycles. The number of nitrogen functional groups attached to an aromatic ring is 1. The summed E-state index contributed by atoms with van der Waals surface area (Å²) < 4.78 is 25.7. The standard InChI is InChI=1S/C15H23N6O5P/c1-9(2)3-11(15(22)23)20-27(24)8-25-10(5-26-27)4-21-7-19-12-13(16)17-6-18-14(12)21/h6-7,9-11H,3-5,8H2,1-2H3,(H,20,24)(H,22,23)(H2,16,17,18)/t10-,11-,27?/m0/s1. The van der Waals surface area contributed by atoms with Crippen LogP contribution in [-0.2, 0) is 25.2 Å². The second-order valence-corrected chi connectivity index (χ2v) is 8.99. The van der Waals surface area contributed by atoms with Crippen LogP contribution in [0.2, 0.25) is 0 Å². The molecule has 1 saturated heterocycles. The van der Waals surface area contributed by atoms with Crippen molar-refractivity contribution < 1.29 is 23.7 Å². The molecule has 1 aliphatic rings. The number of ether oxygens (including phenoxy) is 1. The molecule has 4 N–H and O–H groups in total. The van der Waals surface area contributed by atoms with E-state index in [-0.39, 0.29) is 30.8 Å². The van der Waals surface area contributed by atoms with Gasteiger partial charge in [0.15, 0.2) is 11.5 Å². The second kappa shape index (κ2) is 7.89. The van der Waals surface area contributed by atoms with E-state index in [1.165, 1.54) is 6.33 Å². The van der Waals surface area contributed by atoms with Crippen molar-refractivity contribution >= 4 is 30.5 Å². The van der Waals surface area contributed by atoms with Gasteiger partial charge in [0.05, 0.1) is 19.5 Å². The van der Waals surface area contributed by atoms with Crippen LogP contribution in [0.25, 0.3) is 11.2 Å². The van der Waals surface area contributed by atoms with Crippen LogP contribution in [0.5, 0.6) is 0 Å². The summed E-state index contributed by atoms with van der Waals surface area (Å²) in [6, 6.07) is -0.951. The lowest BCUT2D eigenvalue weighted by molar-refractivity contribution is -0.139. The Balaban J connectivity index is 1.61. The number of aliphatic carboxylic acids is 1. The van der Waals surface area contributed by atoms with Crippen LogP contribution in [0, 0.1) is 5.92 Å². The molecular weight excluding hydrogens is 375 g/mol. The first-order chi connectivity index (χ1) is 12.8. The maximum absolute atomic E-state index is 12.8. The molecular formula is C15H23N6O5P. The van der Waals surface area contributed by atoms with Crippen LogP contribution in [0.15, 0.2) is 12.7 Å². The number of hydrogen-bond donors (Lipinski definition) is 3. The molecule has 11 nitrogen and oxygen atoms in total. The smallest absolute Gasteiger partial charge is 0.321 e. The Hall–Kier alpha value is -2.07. The van der Waals surface area contributed by atoms with Crippen LogP contribution in [0.3, 0.4) is 0 Å². The van der Waals surface area contributed by atoms with Crippen LogP contribution in [0.1, 0.15) is 20.3 Å². The van der Waals surface area contributed by atoms with Gasteiger partial charge in [0, 0.05) is 0 Å². The van der Waals surface area contributed by atoms with Gasteiger partial charge in [0.25, 0.3) is 7.52 Å². The Morgan fingerprint density at radius 1 is 1.48 bits per heavy atom. The van der Waals surface area contributed by atoms with E-state index in [2.05, 4.69) is 20.0 Å². The van der Waals surface area contributed by atoms with Crippen molar-refractivity contribution in [2.24, 2.45) is 5.92 Å². The molecule has 0 radical (unpaired) electrons. The van der Waals surface area contributed by atoms with Crippen molar-refractivity contribution in [3.05, 3.63) is 12.7 Å². The summed E-state index contributed by atoms with van der Waals surface area (Å²) >= 11 is 0. The first kappa shape index (κ1) is 19.7. The molecule has 12 heteroatoms. The fourth-order valence-corrected chi connectivity index (χ4v) is 4.57. The highest BCUT2D eigenvalue weighted by Gasteiger charge is 2.36. The predicted molar refractivity (Wildman–Crippen MR) is 97.0 cm³/mol. The van der Waals surface area contributed by atoms with Gasteiger partial charge in [-0.2, -0.15) is 0 Å². The van der Waals surface area contributed by atoms with E-state index < -0.39 is 19.5 Å². The maximum Gasteiger partial charge on any atom is 0.321 e. The van der Waals surface area contributed by atoms with Crippen molar-refractivity contribution in [2.45, 2.75) is 39.0 Å². The van der Waals surface area contributed by atoms with Gasteiger partial charge < -0.3 is 24.7 Å². The SMILES string of the molecule is CC(C)C[C@H](NP1(=O)CO[C@@H](Cn2cnc3c(N)ncnc32)CO1)C(=O)O. The molecule has 3 atom stereocenters. The zero-order chi connectivity index (χ0) is 19.6. The third-order valence-electron chi connectivity index (χ3n) is 4.14. The molecule has 1 fully saturated rings. The molecule has 2 aromatic heterocycles. The van der Waals surface area contributed by atoms with Crippen LogP contribution in [0.4, 0.5) is 5.82 Å². The number of aromatic nitrogens is 4. The molecule has 3 rings (SSSR count). The molecule has 1 unspecified atom stereocenters. The first-order valence-corrected chi connectivity index (χ1v) is 10.4. The van der Waals surface area contributed by atoms with Gasteiger partial charge in [-0.3, -0.25) is 9.36 Å². The minimum absolute atomic E-state index is 0.0541. The fourth-order valence-electron chi connectivity index (χ4n) is 2.84. The summed E-state index contributed by atoms with van der Waals surface area (Å²) in [6.45, 7) is 4.22. The molecule has 27 heavy (non-hydrogen) atoms. The molecule has 1 aliphatic heterocycles. The molecule has 0 saturated carbocycles. The quantitative estimate of drug-likeness (QED) is 0.577. The number of rotatable bonds is 7. The normalized spacial score (nSPS) is 24.3. The van der Waals surface area contributed by atoms with E-state index in [9.17, 15) is 14.5 Å². The van der Waals surface area contributed by atoms with Gasteiger partial charge >= 0.3 is 5.97 Å². The van der Waals surface area contributed by atoms with Crippen molar-refractivity contribution in [3.63, 3.8) is 0 Å². The van der Waals surface area contributed by atoms with Gasteiger partial charge in [0.1, 0.15) is 30.3 Å². The minimum Gasteiger partial charge on any atom is -0.480 e. The van der Waals surface area contributed by atoms with Crippen molar-refractivity contribution in [2.75, 3.05) is 18.7 Å². The summed E-state index contributed by atoms with van der Waals surface area (Å²) in [7, 11) is -3.39. The largest absolute Gasteiger partial charge is 0.480 e. The molecule has 0 aliphatic carbocycles. The first-order valence-electron chi connectivity index (χ1n) is 8.54. The number of imidazole rings is 1. The Morgan fingerprint density at radius 2 is 2.26 bits per heavy atom. The summed E-state index contributed by atoms with van der Waals surface area (Å²) in [4.78, 5) is 23.6. The number of fused-ring (bicyclic) bond motifs is 1. The highest BCUT2D eigenvalue weighted by Crippen LogP contribution is 2.46. The number of nitrogens with one attached hydrogen (secondary N) is 1. The zero-order valence-electron chi connectivity index (χ0n) is 15.1. The molecule has 0 bridgehead atoms. The lowest BCUT2D eigenvalue weighted by atomic mass is 10.1. The Labute approximate surface area is 155 Å². The van der Waals surface area contributed by atoms with E-state index in [1.807, 2.05) is 13.8 Å². The molecule has 2 aromatic rings. The summed E-state index contributed by atoms with van der Waals surface area (Å²) in [5.74, 6) is -0.641. The maximum atomic E-state index is 12.8. The van der Waals surface area contributed by atoms with Crippen LogP contribution >= 0.6 is 7.52 Å². The van der Waals surface area contributed by atoms with Gasteiger partial charge in [-0.25, -0.2) is 20.0 Å². The van der Waals surface area contributed by atoms with Crippen LogP contribution in [-0.4, -0.2) is 55.7 Å². The summed E-state index contributed by atoms with van der Waals surface area (Å²) in [6.07, 6.45) is 2.69. The fraction of sp³-hybridized carbons (Fsp3) is 0.600. The number of carbonyl (C=O) groups is 1. The second-order valence-electron chi connectivity index (χ2n) is 6.86. The predicted octanol–water partition coefficient (Wildman–Crippen LogP) is 1.06. The number of carboxylic acid groups (broad SMARTS) is 1. The number of nitrogens with two attached hydrogens (primary N) is 1. The van der Waals surface area contributed by atoms with Gasteiger partial charge in [-0.05, 0) is 12.3 Å². The Bertz CT molecular complexity index is 859. The molecule has 148 valence electrons. The van der Waals surface area contributed by atoms with Crippen molar-refractivity contribution in [3.8, 4) is 0 Å². The van der Waals surface area contributed by atoms with E-state index in [4.69, 9.17) is 15.0 Å². The van der Waals surface area contributed by atoms with E-state index in [0.717, 1.165) is 0 Å². The summed E-state index contributed by atoms with van der Waals surface area (Å²) in [5.41, 5.74) is 6.84. The molecule has 0 amide bonds. The van der Waals surface area contributed by atoms with E-state index in [0.29, 0.717) is 24.1 Å². The molecule has 0 aromatic carbocycles. The number of nitrogens with zero attached hydrogens (tertiary/aromatic N) is 4. The number of carboxylic acids is 1. The van der Waals surface area contributed by atoms with Crippen molar-refractivity contribution in [1.29, 1.82) is 0 Å². The van der Waals surface area contributed by atoms with Crippen LogP contribution < -0.4 is 10.8 Å². The van der Waals surface area contributed by atoms with Gasteiger partial charge in [0.2, 0.25) is 0 Å². The monoisotopic (exact) mass is 398 g/mol. The third kappa shape index (κ3) is 4.62. The van der Waals surface area contributed by atoms with Crippen molar-refractivity contribution in [1.82, 2.24) is 24.6 Å². The third-order valence-corrected chi connectivity index (χ3v) is 5.90. The average Bonchev–Trinajstić information content (AvgIpc) is 3.00. The Kier molecular flexibility index (Phi) is 5.75. The Morgan fingerprint density at radius 3 is 2.89 bits per heavy atom. The topological polar surface area (TPSA) is 154 Å². The lowest BCUT2D eigenvalue weighted by Gasteiger charge is -2.31. The van der Waals surface area contributed by atoms with Gasteiger partial charge in [-0.15, -0.1) is 0 Å². The number of hydrogen-bond acceptors (Lipinski definition) is 8. The van der Waals surface area contributed by atoms with E-state index >= 15 is 0 Å². The highest BCUT2D eigenvalue weighted by molar-refractivity contribution is 7.56. The number of anilines is 1. The minimum atomic E-state index is -3.39. The van der Waals surface area contributed by atoms with E-state index in [1.54, 1.807) is 10.9 Å². The lowest BCUT2D eigenvalue weighted by Crippen LogP contribution is -2.40. The highest BCUT2D eigenvalue weighted by atomic mass is 31.2. The average molecular weight is 398 g/mol. The molecule has 0 spiro atoms. The summed E-state index contributed by atoms with van der Waals surface area (Å²) in [5, 5.41) is 11.9. The van der Waals surface area contributed by atoms with Gasteiger partial charge in [-0.1, -0.05) is 13.8 Å².